The monoisotopic (exact) mass is 455 g/mol. The number of carbonyl (C=O) groups is 1. The predicted octanol–water partition coefficient (Wildman–Crippen LogP) is 5.33. The Bertz CT molecular complexity index is 1140. The molecule has 3 aromatic rings. The van der Waals surface area contributed by atoms with E-state index in [1.807, 2.05) is 5.32 Å². The van der Waals surface area contributed by atoms with Crippen LogP contribution >= 0.6 is 23.2 Å². The highest BCUT2D eigenvalue weighted by molar-refractivity contribution is 6.35. The fraction of sp³-hybridized carbons (Fsp3) is 0.0556. The first-order valence-electron chi connectivity index (χ1n) is 8.25. The minimum atomic E-state index is -3.97. The highest BCUT2D eigenvalue weighted by atomic mass is 35.5. The molecular formula is C18H10Cl2F3N5O2. The van der Waals surface area contributed by atoms with Crippen LogP contribution in [0.25, 0.3) is 0 Å². The highest BCUT2D eigenvalue weighted by Gasteiger charge is 2.46. The van der Waals surface area contributed by atoms with E-state index in [2.05, 4.69) is 25.3 Å². The Morgan fingerprint density at radius 2 is 1.77 bits per heavy atom. The Morgan fingerprint density at radius 3 is 2.50 bits per heavy atom. The molecule has 3 N–H and O–H groups in total. The summed E-state index contributed by atoms with van der Waals surface area (Å²) < 4.78 is 45.2. The Kier molecular flexibility index (Phi) is 5.04. The zero-order chi connectivity index (χ0) is 21.5. The summed E-state index contributed by atoms with van der Waals surface area (Å²) in [6.45, 7) is 0. The Labute approximate surface area is 177 Å². The molecule has 1 aromatic heterocycles. The lowest BCUT2D eigenvalue weighted by atomic mass is 10.2. The summed E-state index contributed by atoms with van der Waals surface area (Å²) in [5, 5.41) is 8.33. The van der Waals surface area contributed by atoms with Gasteiger partial charge in [-0.05, 0) is 36.4 Å². The number of fused-ring (bicyclic) bond motifs is 1. The minimum absolute atomic E-state index is 0.00249. The third kappa shape index (κ3) is 4.19. The molecule has 1 amide bonds. The van der Waals surface area contributed by atoms with Gasteiger partial charge in [0.2, 0.25) is 5.95 Å². The summed E-state index contributed by atoms with van der Waals surface area (Å²) in [5.41, 5.74) is 0.745. The average molecular weight is 456 g/mol. The molecule has 1 aliphatic heterocycles. The average Bonchev–Trinajstić information content (AvgIpc) is 2.65. The maximum Gasteiger partial charge on any atom is 0.482 e. The normalized spacial score (nSPS) is 14.4. The quantitative estimate of drug-likeness (QED) is 0.492. The molecule has 0 aliphatic carbocycles. The van der Waals surface area contributed by atoms with Gasteiger partial charge in [-0.25, -0.2) is 9.37 Å². The Balaban J connectivity index is 1.57. The van der Waals surface area contributed by atoms with Gasteiger partial charge in [0.25, 0.3) is 0 Å². The molecule has 7 nitrogen and oxygen atoms in total. The van der Waals surface area contributed by atoms with Crippen LogP contribution in [-0.4, -0.2) is 22.0 Å². The van der Waals surface area contributed by atoms with E-state index in [4.69, 9.17) is 23.2 Å². The van der Waals surface area contributed by atoms with Gasteiger partial charge in [0.05, 0.1) is 11.9 Å². The van der Waals surface area contributed by atoms with Gasteiger partial charge < -0.3 is 20.7 Å². The Morgan fingerprint density at radius 1 is 1.03 bits per heavy atom. The first-order chi connectivity index (χ1) is 14.2. The number of carbonyl (C=O) groups excluding carboxylic acids is 1. The van der Waals surface area contributed by atoms with Crippen molar-refractivity contribution in [3.05, 3.63) is 58.5 Å². The fourth-order valence-corrected chi connectivity index (χ4v) is 3.11. The number of alkyl halides is 2. The van der Waals surface area contributed by atoms with Crippen molar-refractivity contribution >= 4 is 57.9 Å². The van der Waals surface area contributed by atoms with Gasteiger partial charge in [0.15, 0.2) is 17.4 Å². The molecule has 30 heavy (non-hydrogen) atoms. The van der Waals surface area contributed by atoms with Gasteiger partial charge >= 0.3 is 12.0 Å². The molecule has 4 rings (SSSR count). The van der Waals surface area contributed by atoms with E-state index in [-0.39, 0.29) is 28.9 Å². The van der Waals surface area contributed by atoms with Crippen LogP contribution in [0, 0.1) is 5.82 Å². The smallest absolute Gasteiger partial charge is 0.423 e. The van der Waals surface area contributed by atoms with Gasteiger partial charge in [0.1, 0.15) is 0 Å². The molecule has 0 spiro atoms. The zero-order valence-electron chi connectivity index (χ0n) is 14.6. The maximum atomic E-state index is 14.2. The summed E-state index contributed by atoms with van der Waals surface area (Å²) in [5.74, 6) is -2.75. The van der Waals surface area contributed by atoms with Crippen LogP contribution in [0.5, 0.6) is 5.75 Å². The number of ether oxygens (including phenoxy) is 1. The molecule has 0 saturated carbocycles. The molecule has 154 valence electrons. The summed E-state index contributed by atoms with van der Waals surface area (Å²) in [6, 6.07) is 8.56. The second-order valence-corrected chi connectivity index (χ2v) is 6.96. The number of benzene rings is 2. The van der Waals surface area contributed by atoms with E-state index in [9.17, 15) is 18.0 Å². The summed E-state index contributed by atoms with van der Waals surface area (Å²) in [7, 11) is 0. The standard InChI is InChI=1S/C18H10Cl2F3N5O2/c19-8-3-9(20)5-11(4-8)26-17-24-7-12(21)15(28-17)25-10-1-2-14-13(6-10)27-16(29)18(22,23)30-14/h1-7H,(H,27,29)(H2,24,25,26,28). The fourth-order valence-electron chi connectivity index (χ4n) is 2.58. The molecule has 1 aliphatic rings. The number of anilines is 5. The lowest BCUT2D eigenvalue weighted by Gasteiger charge is -2.25. The van der Waals surface area contributed by atoms with Crippen LogP contribution in [-0.2, 0) is 4.79 Å². The second-order valence-electron chi connectivity index (χ2n) is 6.08. The SMILES string of the molecule is O=C1Nc2cc(Nc3nc(Nc4cc(Cl)cc(Cl)c4)ncc3F)ccc2OC1(F)F. The van der Waals surface area contributed by atoms with Crippen molar-refractivity contribution in [2.24, 2.45) is 0 Å². The predicted molar refractivity (Wildman–Crippen MR) is 106 cm³/mol. The number of nitrogens with one attached hydrogen (secondary N) is 3. The molecule has 0 fully saturated rings. The molecule has 0 unspecified atom stereocenters. The van der Waals surface area contributed by atoms with Crippen LogP contribution in [0.2, 0.25) is 10.0 Å². The van der Waals surface area contributed by atoms with Gasteiger partial charge in [-0.3, -0.25) is 4.79 Å². The van der Waals surface area contributed by atoms with Crippen molar-refractivity contribution in [1.82, 2.24) is 9.97 Å². The van der Waals surface area contributed by atoms with Crippen molar-refractivity contribution in [3.63, 3.8) is 0 Å². The lowest BCUT2D eigenvalue weighted by Crippen LogP contribution is -2.43. The third-order valence-corrected chi connectivity index (χ3v) is 4.29. The molecule has 2 heterocycles. The minimum Gasteiger partial charge on any atom is -0.423 e. The number of hydrogen-bond donors (Lipinski definition) is 3. The second kappa shape index (κ2) is 7.54. The first kappa shape index (κ1) is 20.0. The molecule has 0 radical (unpaired) electrons. The third-order valence-electron chi connectivity index (χ3n) is 3.86. The van der Waals surface area contributed by atoms with Crippen molar-refractivity contribution in [2.45, 2.75) is 6.11 Å². The summed E-state index contributed by atoms with van der Waals surface area (Å²) in [4.78, 5) is 19.2. The van der Waals surface area contributed by atoms with Crippen LogP contribution in [0.15, 0.2) is 42.6 Å². The van der Waals surface area contributed by atoms with Gasteiger partial charge in [-0.2, -0.15) is 13.8 Å². The van der Waals surface area contributed by atoms with Crippen molar-refractivity contribution < 1.29 is 22.7 Å². The maximum absolute atomic E-state index is 14.2. The molecule has 0 atom stereocenters. The zero-order valence-corrected chi connectivity index (χ0v) is 16.2. The number of halogens is 5. The van der Waals surface area contributed by atoms with Gasteiger partial charge in [-0.15, -0.1) is 0 Å². The highest BCUT2D eigenvalue weighted by Crippen LogP contribution is 2.37. The number of rotatable bonds is 4. The molecule has 2 aromatic carbocycles. The number of amides is 1. The van der Waals surface area contributed by atoms with E-state index in [1.165, 1.54) is 18.2 Å². The van der Waals surface area contributed by atoms with E-state index < -0.39 is 17.8 Å². The molecule has 0 saturated heterocycles. The molecular weight excluding hydrogens is 446 g/mol. The van der Waals surface area contributed by atoms with E-state index in [0.29, 0.717) is 15.7 Å². The number of hydrogen-bond acceptors (Lipinski definition) is 6. The Hall–Kier alpha value is -3.24. The van der Waals surface area contributed by atoms with Gasteiger partial charge in [-0.1, -0.05) is 23.2 Å². The van der Waals surface area contributed by atoms with E-state index in [1.54, 1.807) is 18.2 Å². The van der Waals surface area contributed by atoms with Crippen LogP contribution in [0.1, 0.15) is 0 Å². The van der Waals surface area contributed by atoms with E-state index >= 15 is 0 Å². The lowest BCUT2D eigenvalue weighted by molar-refractivity contribution is -0.189. The largest absolute Gasteiger partial charge is 0.482 e. The summed E-state index contributed by atoms with van der Waals surface area (Å²) >= 11 is 11.9. The topological polar surface area (TPSA) is 88.2 Å². The van der Waals surface area contributed by atoms with E-state index in [0.717, 1.165) is 6.20 Å². The number of aromatic nitrogens is 2. The van der Waals surface area contributed by atoms with Gasteiger partial charge in [0, 0.05) is 21.4 Å². The molecule has 12 heteroatoms. The van der Waals surface area contributed by atoms with Crippen LogP contribution in [0.3, 0.4) is 0 Å². The van der Waals surface area contributed by atoms with Crippen molar-refractivity contribution in [3.8, 4) is 5.75 Å². The van der Waals surface area contributed by atoms with Crippen molar-refractivity contribution in [2.75, 3.05) is 16.0 Å². The first-order valence-corrected chi connectivity index (χ1v) is 9.00. The molecule has 0 bridgehead atoms. The van der Waals surface area contributed by atoms with Crippen molar-refractivity contribution in [1.29, 1.82) is 0 Å². The van der Waals surface area contributed by atoms with Crippen LogP contribution < -0.4 is 20.7 Å². The summed E-state index contributed by atoms with van der Waals surface area (Å²) in [6.07, 6.45) is -3.03. The number of nitrogens with zero attached hydrogens (tertiary/aromatic N) is 2. The van der Waals surface area contributed by atoms with Crippen LogP contribution in [0.4, 0.5) is 42.0 Å².